The van der Waals surface area contributed by atoms with Crippen LogP contribution in [-0.4, -0.2) is 18.4 Å². The molecule has 2 nitrogen and oxygen atoms in total. The van der Waals surface area contributed by atoms with Crippen molar-refractivity contribution >= 4 is 5.78 Å². The molecule has 0 aromatic carbocycles. The van der Waals surface area contributed by atoms with Crippen molar-refractivity contribution in [2.75, 3.05) is 6.54 Å². The molecule has 0 aliphatic heterocycles. The van der Waals surface area contributed by atoms with Crippen LogP contribution in [0.4, 0.5) is 0 Å². The first-order valence-corrected chi connectivity index (χ1v) is 6.47. The van der Waals surface area contributed by atoms with Gasteiger partial charge in [0.25, 0.3) is 0 Å². The van der Waals surface area contributed by atoms with E-state index in [4.69, 9.17) is 0 Å². The maximum atomic E-state index is 11.8. The summed E-state index contributed by atoms with van der Waals surface area (Å²) >= 11 is 0. The molecule has 0 aromatic heterocycles. The lowest BCUT2D eigenvalue weighted by atomic mass is 9.85. The minimum absolute atomic E-state index is 0.353. The van der Waals surface area contributed by atoms with Gasteiger partial charge in [-0.1, -0.05) is 39.0 Å². The second kappa shape index (κ2) is 7.00. The van der Waals surface area contributed by atoms with Crippen LogP contribution < -0.4 is 5.32 Å². The maximum absolute atomic E-state index is 11.8. The number of hydrogen-bond acceptors (Lipinski definition) is 2. The Morgan fingerprint density at radius 1 is 1.33 bits per heavy atom. The zero-order valence-electron chi connectivity index (χ0n) is 10.2. The third kappa shape index (κ3) is 5.31. The molecule has 15 heavy (non-hydrogen) atoms. The smallest absolute Gasteiger partial charge is 0.134 e. The van der Waals surface area contributed by atoms with Crippen LogP contribution in [0.15, 0.2) is 0 Å². The van der Waals surface area contributed by atoms with E-state index in [-0.39, 0.29) is 0 Å². The van der Waals surface area contributed by atoms with Crippen LogP contribution >= 0.6 is 0 Å². The van der Waals surface area contributed by atoms with E-state index >= 15 is 0 Å². The fraction of sp³-hybridized carbons (Fsp3) is 0.923. The lowest BCUT2D eigenvalue weighted by Crippen LogP contribution is -2.28. The normalized spacial score (nSPS) is 20.1. The first-order chi connectivity index (χ1) is 7.22. The molecule has 1 saturated carbocycles. The van der Waals surface area contributed by atoms with E-state index in [1.807, 2.05) is 0 Å². The van der Waals surface area contributed by atoms with Gasteiger partial charge in [0.1, 0.15) is 5.78 Å². The Balaban J connectivity index is 2.16. The molecule has 1 fully saturated rings. The van der Waals surface area contributed by atoms with Gasteiger partial charge in [0.2, 0.25) is 0 Å². The van der Waals surface area contributed by atoms with Gasteiger partial charge >= 0.3 is 0 Å². The standard InChI is InChI=1S/C13H25NO/c1-3-14-11(2)9-13(15)10-12-7-5-4-6-8-12/h11-12,14H,3-10H2,1-2H3. The van der Waals surface area contributed by atoms with Crippen molar-refractivity contribution < 1.29 is 4.79 Å². The van der Waals surface area contributed by atoms with Gasteiger partial charge in [-0.05, 0) is 19.4 Å². The van der Waals surface area contributed by atoms with Crippen molar-refractivity contribution in [3.05, 3.63) is 0 Å². The lowest BCUT2D eigenvalue weighted by Gasteiger charge is -2.21. The average Bonchev–Trinajstić information content (AvgIpc) is 2.19. The number of carbonyl (C=O) groups excluding carboxylic acids is 1. The highest BCUT2D eigenvalue weighted by Gasteiger charge is 2.17. The van der Waals surface area contributed by atoms with Crippen LogP contribution in [-0.2, 0) is 4.79 Å². The van der Waals surface area contributed by atoms with E-state index < -0.39 is 0 Å². The summed E-state index contributed by atoms with van der Waals surface area (Å²) in [5.74, 6) is 1.15. The minimum Gasteiger partial charge on any atom is -0.314 e. The summed E-state index contributed by atoms with van der Waals surface area (Å²) in [6.07, 6.45) is 8.14. The molecule has 0 heterocycles. The Hall–Kier alpha value is -0.370. The Labute approximate surface area is 93.8 Å². The molecule has 0 amide bonds. The summed E-state index contributed by atoms with van der Waals surface area (Å²) < 4.78 is 0. The quantitative estimate of drug-likeness (QED) is 0.732. The number of carbonyl (C=O) groups is 1. The van der Waals surface area contributed by atoms with Crippen molar-refractivity contribution in [2.24, 2.45) is 5.92 Å². The molecule has 0 radical (unpaired) electrons. The monoisotopic (exact) mass is 211 g/mol. The number of nitrogens with one attached hydrogen (secondary N) is 1. The molecule has 0 aromatic rings. The fourth-order valence-electron chi connectivity index (χ4n) is 2.56. The molecule has 0 spiro atoms. The van der Waals surface area contributed by atoms with Crippen molar-refractivity contribution in [1.82, 2.24) is 5.32 Å². The molecule has 1 aliphatic rings. The topological polar surface area (TPSA) is 29.1 Å². The maximum Gasteiger partial charge on any atom is 0.134 e. The third-order valence-corrected chi connectivity index (χ3v) is 3.33. The van der Waals surface area contributed by atoms with E-state index in [2.05, 4.69) is 19.2 Å². The second-order valence-corrected chi connectivity index (χ2v) is 4.91. The molecule has 0 saturated heterocycles. The van der Waals surface area contributed by atoms with Crippen molar-refractivity contribution in [1.29, 1.82) is 0 Å². The summed E-state index contributed by atoms with van der Waals surface area (Å²) in [6.45, 7) is 5.14. The van der Waals surface area contributed by atoms with E-state index in [1.54, 1.807) is 0 Å². The van der Waals surface area contributed by atoms with Gasteiger partial charge in [-0.15, -0.1) is 0 Å². The highest BCUT2D eigenvalue weighted by Crippen LogP contribution is 2.26. The first-order valence-electron chi connectivity index (χ1n) is 6.47. The van der Waals surface area contributed by atoms with Gasteiger partial charge in [-0.2, -0.15) is 0 Å². The van der Waals surface area contributed by atoms with Crippen LogP contribution in [0.2, 0.25) is 0 Å². The lowest BCUT2D eigenvalue weighted by molar-refractivity contribution is -0.120. The van der Waals surface area contributed by atoms with Crippen LogP contribution in [0.3, 0.4) is 0 Å². The molecule has 1 rings (SSSR count). The largest absolute Gasteiger partial charge is 0.314 e. The molecule has 1 unspecified atom stereocenters. The molecule has 1 N–H and O–H groups in total. The Bertz CT molecular complexity index is 185. The van der Waals surface area contributed by atoms with Crippen LogP contribution in [0.5, 0.6) is 0 Å². The summed E-state index contributed by atoms with van der Waals surface area (Å²) in [5, 5.41) is 3.29. The highest BCUT2D eigenvalue weighted by atomic mass is 16.1. The summed E-state index contributed by atoms with van der Waals surface area (Å²) in [5.41, 5.74) is 0. The zero-order valence-corrected chi connectivity index (χ0v) is 10.2. The van der Waals surface area contributed by atoms with Crippen molar-refractivity contribution in [2.45, 2.75) is 64.8 Å². The Morgan fingerprint density at radius 2 is 2.00 bits per heavy atom. The van der Waals surface area contributed by atoms with Crippen LogP contribution in [0.1, 0.15) is 58.8 Å². The van der Waals surface area contributed by atoms with Gasteiger partial charge in [-0.25, -0.2) is 0 Å². The first kappa shape index (κ1) is 12.7. The average molecular weight is 211 g/mol. The SMILES string of the molecule is CCNC(C)CC(=O)CC1CCCCC1. The van der Waals surface area contributed by atoms with Crippen molar-refractivity contribution in [3.63, 3.8) is 0 Å². The second-order valence-electron chi connectivity index (χ2n) is 4.91. The number of hydrogen-bond donors (Lipinski definition) is 1. The van der Waals surface area contributed by atoms with Crippen molar-refractivity contribution in [3.8, 4) is 0 Å². The van der Waals surface area contributed by atoms with E-state index in [0.717, 1.165) is 13.0 Å². The number of rotatable bonds is 6. The number of ketones is 1. The summed E-state index contributed by atoms with van der Waals surface area (Å²) in [6, 6.07) is 0.353. The number of Topliss-reactive ketones (excluding diaryl/α,β-unsaturated/α-hetero) is 1. The third-order valence-electron chi connectivity index (χ3n) is 3.33. The fourth-order valence-corrected chi connectivity index (χ4v) is 2.56. The highest BCUT2D eigenvalue weighted by molar-refractivity contribution is 5.79. The van der Waals surface area contributed by atoms with Gasteiger partial charge in [0, 0.05) is 18.9 Å². The van der Waals surface area contributed by atoms with E-state index in [9.17, 15) is 4.79 Å². The summed E-state index contributed by atoms with van der Waals surface area (Å²) in [4.78, 5) is 11.8. The predicted molar refractivity (Wildman–Crippen MR) is 64.0 cm³/mol. The molecule has 1 atom stereocenters. The predicted octanol–water partition coefficient (Wildman–Crippen LogP) is 2.91. The van der Waals surface area contributed by atoms with Gasteiger partial charge in [0.05, 0.1) is 0 Å². The van der Waals surface area contributed by atoms with E-state index in [1.165, 1.54) is 32.1 Å². The molecule has 88 valence electrons. The van der Waals surface area contributed by atoms with Gasteiger partial charge in [0.15, 0.2) is 0 Å². The van der Waals surface area contributed by atoms with Crippen LogP contribution in [0, 0.1) is 5.92 Å². The Morgan fingerprint density at radius 3 is 2.60 bits per heavy atom. The molecular formula is C13H25NO. The van der Waals surface area contributed by atoms with Gasteiger partial charge in [-0.3, -0.25) is 4.79 Å². The molecule has 1 aliphatic carbocycles. The van der Waals surface area contributed by atoms with Gasteiger partial charge < -0.3 is 5.32 Å². The van der Waals surface area contributed by atoms with E-state index in [0.29, 0.717) is 24.2 Å². The minimum atomic E-state index is 0.353. The summed E-state index contributed by atoms with van der Waals surface area (Å²) in [7, 11) is 0. The zero-order chi connectivity index (χ0) is 11.1. The molecule has 0 bridgehead atoms. The Kier molecular flexibility index (Phi) is 5.92. The van der Waals surface area contributed by atoms with Crippen LogP contribution in [0.25, 0.3) is 0 Å². The molecule has 2 heteroatoms. The molecular weight excluding hydrogens is 186 g/mol.